The van der Waals surface area contributed by atoms with Crippen LogP contribution in [0.1, 0.15) is 58.3 Å². The molecule has 25 heavy (non-hydrogen) atoms. The fourth-order valence-electron chi connectivity index (χ4n) is 3.80. The van der Waals surface area contributed by atoms with E-state index in [1.165, 1.54) is 0 Å². The fourth-order valence-corrected chi connectivity index (χ4v) is 9.17. The van der Waals surface area contributed by atoms with E-state index in [0.29, 0.717) is 22.2 Å². The number of carbonyl (C=O) groups is 1. The molecule has 1 nitrogen and oxygen atoms in total. The largest absolute Gasteiger partial charge is 0.294 e. The lowest BCUT2D eigenvalue weighted by Gasteiger charge is -2.39. The summed E-state index contributed by atoms with van der Waals surface area (Å²) >= 11 is 0. The zero-order valence-electron chi connectivity index (χ0n) is 16.1. The summed E-state index contributed by atoms with van der Waals surface area (Å²) in [4.78, 5) is 12.0. The van der Waals surface area contributed by atoms with Gasteiger partial charge in [0.2, 0.25) is 0 Å². The SMILES string of the molecule is CC(C)[Si](C=C=CC(F)(F)CC(=O)c1ccccc1)(C(C)C)C(C)C. The van der Waals surface area contributed by atoms with Crippen molar-refractivity contribution in [3.63, 3.8) is 0 Å². The molecular weight excluding hydrogens is 334 g/mol. The van der Waals surface area contributed by atoms with Crippen LogP contribution in [0.25, 0.3) is 0 Å². The molecule has 0 radical (unpaired) electrons. The average molecular weight is 365 g/mol. The Morgan fingerprint density at radius 1 is 1.04 bits per heavy atom. The highest BCUT2D eigenvalue weighted by atomic mass is 28.3. The molecule has 0 amide bonds. The molecule has 1 aromatic carbocycles. The fraction of sp³-hybridized carbons (Fsp3) is 0.524. The third-order valence-corrected chi connectivity index (χ3v) is 11.8. The number of carbonyl (C=O) groups excluding carboxylic acids is 1. The van der Waals surface area contributed by atoms with Gasteiger partial charge in [-0.3, -0.25) is 4.79 Å². The normalized spacial score (nSPS) is 12.4. The third-order valence-electron chi connectivity index (χ3n) is 5.12. The minimum Gasteiger partial charge on any atom is -0.294 e. The van der Waals surface area contributed by atoms with Crippen LogP contribution < -0.4 is 0 Å². The Kier molecular flexibility index (Phi) is 7.52. The second-order valence-corrected chi connectivity index (χ2v) is 13.4. The smallest absolute Gasteiger partial charge is 0.280 e. The lowest BCUT2D eigenvalue weighted by atomic mass is 10.0. The van der Waals surface area contributed by atoms with Crippen LogP contribution in [0.2, 0.25) is 16.6 Å². The molecule has 4 heteroatoms. The van der Waals surface area contributed by atoms with Gasteiger partial charge in [0, 0.05) is 11.6 Å². The number of rotatable bonds is 8. The molecule has 0 saturated carbocycles. The predicted molar refractivity (Wildman–Crippen MR) is 104 cm³/mol. The van der Waals surface area contributed by atoms with Gasteiger partial charge in [-0.15, -0.1) is 5.73 Å². The molecule has 0 aliphatic carbocycles. The number of hydrogen-bond acceptors (Lipinski definition) is 1. The molecule has 0 bridgehead atoms. The maximum Gasteiger partial charge on any atom is 0.280 e. The van der Waals surface area contributed by atoms with Crippen molar-refractivity contribution < 1.29 is 13.6 Å². The van der Waals surface area contributed by atoms with Crippen LogP contribution in [0.15, 0.2) is 47.8 Å². The number of Topliss-reactive ketones (excluding diaryl/α,β-unsaturated/α-hetero) is 1. The molecule has 1 rings (SSSR count). The Bertz CT molecular complexity index is 605. The molecule has 0 heterocycles. The summed E-state index contributed by atoms with van der Waals surface area (Å²) in [5, 5.41) is 0. The highest BCUT2D eigenvalue weighted by Crippen LogP contribution is 2.42. The van der Waals surface area contributed by atoms with Crippen molar-refractivity contribution >= 4 is 13.9 Å². The summed E-state index contributed by atoms with van der Waals surface area (Å²) in [5.74, 6) is -3.74. The van der Waals surface area contributed by atoms with Gasteiger partial charge in [0.15, 0.2) is 5.78 Å². The second-order valence-electron chi connectivity index (χ2n) is 7.65. The Labute approximate surface area is 151 Å². The van der Waals surface area contributed by atoms with Crippen molar-refractivity contribution in [2.75, 3.05) is 0 Å². The summed E-state index contributed by atoms with van der Waals surface area (Å²) in [6.45, 7) is 13.0. The maximum atomic E-state index is 14.2. The summed E-state index contributed by atoms with van der Waals surface area (Å²) < 4.78 is 28.4. The van der Waals surface area contributed by atoms with Crippen molar-refractivity contribution in [1.29, 1.82) is 0 Å². The van der Waals surface area contributed by atoms with Crippen molar-refractivity contribution in [3.8, 4) is 0 Å². The van der Waals surface area contributed by atoms with E-state index in [0.717, 1.165) is 6.08 Å². The number of benzene rings is 1. The Morgan fingerprint density at radius 3 is 1.96 bits per heavy atom. The summed E-state index contributed by atoms with van der Waals surface area (Å²) in [6, 6.07) is 8.23. The van der Waals surface area contributed by atoms with Gasteiger partial charge in [0.1, 0.15) is 0 Å². The molecule has 0 aromatic heterocycles. The van der Waals surface area contributed by atoms with Gasteiger partial charge in [-0.1, -0.05) is 77.6 Å². The van der Waals surface area contributed by atoms with Crippen molar-refractivity contribution in [3.05, 3.63) is 53.4 Å². The van der Waals surface area contributed by atoms with Gasteiger partial charge in [0.05, 0.1) is 14.5 Å². The predicted octanol–water partition coefficient (Wildman–Crippen LogP) is 6.82. The van der Waals surface area contributed by atoms with E-state index in [9.17, 15) is 13.6 Å². The molecule has 0 saturated heterocycles. The lowest BCUT2D eigenvalue weighted by Crippen LogP contribution is -2.42. The van der Waals surface area contributed by atoms with Crippen LogP contribution in [-0.4, -0.2) is 19.8 Å². The van der Waals surface area contributed by atoms with Gasteiger partial charge < -0.3 is 0 Å². The van der Waals surface area contributed by atoms with Crippen molar-refractivity contribution in [1.82, 2.24) is 0 Å². The first kappa shape index (κ1) is 21.5. The second kappa shape index (κ2) is 8.73. The van der Waals surface area contributed by atoms with E-state index in [1.807, 2.05) is 5.70 Å². The molecule has 0 aliphatic heterocycles. The standard InChI is InChI=1S/C21H30F2OSi/c1-16(2)25(17(3)4,18(5)6)14-10-13-21(22,23)15-20(24)19-11-8-7-9-12-19/h7-9,11-14,16-18H,15H2,1-6H3. The quantitative estimate of drug-likeness (QED) is 0.281. The van der Waals surface area contributed by atoms with E-state index in [2.05, 4.69) is 47.3 Å². The van der Waals surface area contributed by atoms with E-state index >= 15 is 0 Å². The zero-order chi connectivity index (χ0) is 19.3. The maximum absolute atomic E-state index is 14.2. The van der Waals surface area contributed by atoms with Gasteiger partial charge in [-0.05, 0) is 16.6 Å². The summed E-state index contributed by atoms with van der Waals surface area (Å²) in [6.07, 6.45) is -0.0415. The number of ketones is 1. The van der Waals surface area contributed by atoms with Crippen molar-refractivity contribution in [2.45, 2.75) is 70.5 Å². The number of alkyl halides is 2. The minimum absolute atomic E-state index is 0.315. The number of hydrogen-bond donors (Lipinski definition) is 0. The first-order chi connectivity index (χ1) is 11.5. The van der Waals surface area contributed by atoms with Crippen LogP contribution in [-0.2, 0) is 0 Å². The van der Waals surface area contributed by atoms with Gasteiger partial charge in [0.25, 0.3) is 5.92 Å². The van der Waals surface area contributed by atoms with Crippen LogP contribution in [0.5, 0.6) is 0 Å². The summed E-state index contributed by atoms with van der Waals surface area (Å²) in [7, 11) is -1.92. The molecule has 0 fully saturated rings. The molecule has 0 unspecified atom stereocenters. The highest BCUT2D eigenvalue weighted by molar-refractivity contribution is 6.87. The monoisotopic (exact) mass is 364 g/mol. The molecule has 0 N–H and O–H groups in total. The molecule has 0 atom stereocenters. The molecule has 0 spiro atoms. The van der Waals surface area contributed by atoms with E-state index in [1.54, 1.807) is 30.3 Å². The van der Waals surface area contributed by atoms with Gasteiger partial charge in [-0.2, -0.15) is 0 Å². The number of allylic oxidation sites excluding steroid dienone is 1. The van der Waals surface area contributed by atoms with Crippen LogP contribution in [0.3, 0.4) is 0 Å². The van der Waals surface area contributed by atoms with Crippen LogP contribution >= 0.6 is 0 Å². The average Bonchev–Trinajstić information content (AvgIpc) is 2.50. The lowest BCUT2D eigenvalue weighted by molar-refractivity contribution is 0.0418. The van der Waals surface area contributed by atoms with Gasteiger partial charge in [-0.25, -0.2) is 8.78 Å². The van der Waals surface area contributed by atoms with Crippen molar-refractivity contribution in [2.24, 2.45) is 0 Å². The minimum atomic E-state index is -3.19. The van der Waals surface area contributed by atoms with Gasteiger partial charge >= 0.3 is 0 Å². The van der Waals surface area contributed by atoms with E-state index in [-0.39, 0.29) is 0 Å². The Morgan fingerprint density at radius 2 is 1.52 bits per heavy atom. The summed E-state index contributed by atoms with van der Waals surface area (Å²) in [5.41, 5.74) is 6.33. The third kappa shape index (κ3) is 5.48. The molecule has 1 aromatic rings. The zero-order valence-corrected chi connectivity index (χ0v) is 17.1. The molecule has 138 valence electrons. The first-order valence-corrected chi connectivity index (χ1v) is 11.2. The van der Waals surface area contributed by atoms with Crippen LogP contribution in [0, 0.1) is 0 Å². The molecule has 0 aliphatic rings. The molecular formula is C21H30F2OSi. The van der Waals surface area contributed by atoms with Crippen LogP contribution in [0.4, 0.5) is 8.78 Å². The van der Waals surface area contributed by atoms with E-state index < -0.39 is 26.2 Å². The first-order valence-electron chi connectivity index (χ1n) is 8.93. The topological polar surface area (TPSA) is 17.1 Å². The Hall–Kier alpha value is -1.51. The highest BCUT2D eigenvalue weighted by Gasteiger charge is 2.40. The number of halogens is 2. The van der Waals surface area contributed by atoms with E-state index in [4.69, 9.17) is 0 Å². The Balaban J connectivity index is 3.03.